The molecule has 0 saturated carbocycles. The lowest BCUT2D eigenvalue weighted by molar-refractivity contribution is 0.0613. The van der Waals surface area contributed by atoms with Crippen molar-refractivity contribution < 1.29 is 9.13 Å². The van der Waals surface area contributed by atoms with Crippen LogP contribution < -0.4 is 5.73 Å². The van der Waals surface area contributed by atoms with Crippen molar-refractivity contribution in [1.82, 2.24) is 0 Å². The first-order valence-corrected chi connectivity index (χ1v) is 5.80. The van der Waals surface area contributed by atoms with Crippen LogP contribution in [0.5, 0.6) is 0 Å². The van der Waals surface area contributed by atoms with E-state index in [1.165, 1.54) is 6.07 Å². The fraction of sp³-hybridized carbons (Fsp3) is 0.364. The number of halogens is 2. The zero-order chi connectivity index (χ0) is 11.5. The molecule has 0 amide bonds. The zero-order valence-electron chi connectivity index (χ0n) is 8.62. The molecule has 5 heteroatoms. The second-order valence-corrected chi connectivity index (χ2v) is 4.45. The number of nitrogens with zero attached hydrogens (tertiary/aromatic N) is 1. The Morgan fingerprint density at radius 2 is 2.38 bits per heavy atom. The minimum Gasteiger partial charge on any atom is -0.354 e. The Labute approximate surface area is 102 Å². The average Bonchev–Trinajstić information content (AvgIpc) is 2.33. The highest BCUT2D eigenvalue weighted by Crippen LogP contribution is 2.19. The van der Waals surface area contributed by atoms with Crippen LogP contribution in [0.3, 0.4) is 0 Å². The minimum atomic E-state index is -0.281. The Morgan fingerprint density at radius 3 is 3.06 bits per heavy atom. The van der Waals surface area contributed by atoms with Gasteiger partial charge in [0.25, 0.3) is 0 Å². The number of aliphatic imine (C=N–C) groups is 1. The predicted octanol–water partition coefficient (Wildman–Crippen LogP) is 2.08. The van der Waals surface area contributed by atoms with Gasteiger partial charge in [-0.1, -0.05) is 6.07 Å². The number of rotatable bonds is 2. The lowest BCUT2D eigenvalue weighted by atomic mass is 10.0. The fourth-order valence-corrected chi connectivity index (χ4v) is 1.84. The normalized spacial score (nSPS) is 20.7. The van der Waals surface area contributed by atoms with Crippen LogP contribution in [-0.2, 0) is 4.74 Å². The van der Waals surface area contributed by atoms with Crippen molar-refractivity contribution in [3.63, 3.8) is 0 Å². The highest BCUT2D eigenvalue weighted by atomic mass is 79.9. The summed E-state index contributed by atoms with van der Waals surface area (Å²) in [4.78, 5) is 4.23. The molecule has 1 aromatic rings. The maximum Gasteiger partial charge on any atom is 0.138 e. The third-order valence-electron chi connectivity index (χ3n) is 2.50. The molecule has 1 atom stereocenters. The van der Waals surface area contributed by atoms with E-state index in [9.17, 15) is 4.39 Å². The summed E-state index contributed by atoms with van der Waals surface area (Å²) in [6, 6.07) is 4.99. The second kappa shape index (κ2) is 5.03. The van der Waals surface area contributed by atoms with Crippen LogP contribution in [0, 0.1) is 5.82 Å². The quantitative estimate of drug-likeness (QED) is 0.905. The van der Waals surface area contributed by atoms with Crippen LogP contribution in [0.1, 0.15) is 12.0 Å². The minimum absolute atomic E-state index is 0.0146. The van der Waals surface area contributed by atoms with Crippen molar-refractivity contribution in [1.29, 1.82) is 0 Å². The zero-order valence-corrected chi connectivity index (χ0v) is 10.2. The summed E-state index contributed by atoms with van der Waals surface area (Å²) in [7, 11) is 0. The van der Waals surface area contributed by atoms with E-state index in [-0.39, 0.29) is 11.9 Å². The summed E-state index contributed by atoms with van der Waals surface area (Å²) in [6.45, 7) is 0.757. The summed E-state index contributed by atoms with van der Waals surface area (Å²) in [5, 5.41) is 0. The van der Waals surface area contributed by atoms with E-state index in [0.29, 0.717) is 24.2 Å². The molecule has 0 bridgehead atoms. The summed E-state index contributed by atoms with van der Waals surface area (Å²) in [5.74, 6) is -0.281. The molecule has 0 saturated heterocycles. The first-order valence-electron chi connectivity index (χ1n) is 5.01. The molecule has 3 nitrogen and oxygen atoms in total. The first kappa shape index (κ1) is 11.7. The molecule has 1 unspecified atom stereocenters. The van der Waals surface area contributed by atoms with Crippen LogP contribution in [0.2, 0.25) is 0 Å². The van der Waals surface area contributed by atoms with Crippen molar-refractivity contribution >= 4 is 21.6 Å². The average molecular weight is 287 g/mol. The highest BCUT2D eigenvalue weighted by Gasteiger charge is 2.17. The van der Waals surface area contributed by atoms with Gasteiger partial charge in [0.1, 0.15) is 12.5 Å². The summed E-state index contributed by atoms with van der Waals surface area (Å²) >= 11 is 3.12. The number of nitrogens with two attached hydrogens (primary N) is 1. The molecule has 2 rings (SSSR count). The summed E-state index contributed by atoms with van der Waals surface area (Å²) in [6.07, 6.45) is 0.622. The molecule has 0 aliphatic carbocycles. The lowest BCUT2D eigenvalue weighted by Gasteiger charge is -2.21. The van der Waals surface area contributed by atoms with Crippen molar-refractivity contribution in [3.05, 3.63) is 34.1 Å². The maximum atomic E-state index is 13.4. The van der Waals surface area contributed by atoms with Crippen molar-refractivity contribution in [2.24, 2.45) is 10.7 Å². The number of hydrogen-bond acceptors (Lipinski definition) is 3. The summed E-state index contributed by atoms with van der Waals surface area (Å²) in [5.41, 5.74) is 7.18. The lowest BCUT2D eigenvalue weighted by Crippen LogP contribution is -2.30. The van der Waals surface area contributed by atoms with Gasteiger partial charge in [-0.15, -0.1) is 0 Å². The van der Waals surface area contributed by atoms with E-state index in [4.69, 9.17) is 10.5 Å². The molecule has 0 fully saturated rings. The van der Waals surface area contributed by atoms with Crippen molar-refractivity contribution in [2.45, 2.75) is 12.5 Å². The van der Waals surface area contributed by atoms with Gasteiger partial charge < -0.3 is 10.5 Å². The highest BCUT2D eigenvalue weighted by molar-refractivity contribution is 9.10. The van der Waals surface area contributed by atoms with Gasteiger partial charge in [0.05, 0.1) is 10.6 Å². The molecule has 2 N–H and O–H groups in total. The topological polar surface area (TPSA) is 47.6 Å². The van der Waals surface area contributed by atoms with Gasteiger partial charge in [-0.2, -0.15) is 0 Å². The third-order valence-corrected chi connectivity index (χ3v) is 3.15. The smallest absolute Gasteiger partial charge is 0.138 e. The molecule has 1 heterocycles. The van der Waals surface area contributed by atoms with Crippen LogP contribution in [0.25, 0.3) is 0 Å². The maximum absolute atomic E-state index is 13.4. The second-order valence-electron chi connectivity index (χ2n) is 3.59. The Bertz CT molecular complexity index is 422. The van der Waals surface area contributed by atoms with Gasteiger partial charge in [0, 0.05) is 18.7 Å². The molecule has 0 aromatic heterocycles. The standard InChI is InChI=1S/C11H12BrFN2O/c12-9-2-1-7(3-10(9)13)11-4-8(5-14)16-6-15-11/h1-3,8H,4-6,14H2. The largest absolute Gasteiger partial charge is 0.354 e. The van der Waals surface area contributed by atoms with Gasteiger partial charge >= 0.3 is 0 Å². The van der Waals surface area contributed by atoms with Crippen molar-refractivity contribution in [2.75, 3.05) is 13.3 Å². The molecule has 0 spiro atoms. The SMILES string of the molecule is NCC1CC(c2ccc(Br)c(F)c2)=NCO1. The first-order chi connectivity index (χ1) is 7.70. The number of benzene rings is 1. The number of ether oxygens (including phenoxy) is 1. The van der Waals surface area contributed by atoms with E-state index in [1.807, 2.05) is 6.07 Å². The molecule has 1 aliphatic rings. The van der Waals surface area contributed by atoms with E-state index in [0.717, 1.165) is 11.3 Å². The van der Waals surface area contributed by atoms with Crippen molar-refractivity contribution in [3.8, 4) is 0 Å². The molecule has 0 radical (unpaired) electrons. The Hall–Kier alpha value is -0.780. The van der Waals surface area contributed by atoms with Crippen LogP contribution in [0.4, 0.5) is 4.39 Å². The van der Waals surface area contributed by atoms with Gasteiger partial charge in [-0.3, -0.25) is 4.99 Å². The third kappa shape index (κ3) is 2.48. The van der Waals surface area contributed by atoms with Gasteiger partial charge in [0.2, 0.25) is 0 Å². The Morgan fingerprint density at radius 1 is 1.56 bits per heavy atom. The van der Waals surface area contributed by atoms with Crippen LogP contribution in [-0.4, -0.2) is 25.1 Å². The molecular formula is C11H12BrFN2O. The van der Waals surface area contributed by atoms with E-state index < -0.39 is 0 Å². The summed E-state index contributed by atoms with van der Waals surface area (Å²) < 4.78 is 19.1. The predicted molar refractivity (Wildman–Crippen MR) is 64.0 cm³/mol. The fourth-order valence-electron chi connectivity index (χ4n) is 1.60. The molecule has 1 aliphatic heterocycles. The van der Waals surface area contributed by atoms with E-state index in [2.05, 4.69) is 20.9 Å². The molecule has 16 heavy (non-hydrogen) atoms. The van der Waals surface area contributed by atoms with E-state index >= 15 is 0 Å². The monoisotopic (exact) mass is 286 g/mol. The number of hydrogen-bond donors (Lipinski definition) is 1. The van der Waals surface area contributed by atoms with Gasteiger partial charge in [-0.25, -0.2) is 4.39 Å². The van der Waals surface area contributed by atoms with Gasteiger partial charge in [0.15, 0.2) is 0 Å². The Kier molecular flexibility index (Phi) is 3.68. The Balaban J connectivity index is 2.23. The van der Waals surface area contributed by atoms with Crippen LogP contribution >= 0.6 is 15.9 Å². The van der Waals surface area contributed by atoms with Crippen LogP contribution in [0.15, 0.2) is 27.7 Å². The molecule has 1 aromatic carbocycles. The van der Waals surface area contributed by atoms with E-state index in [1.54, 1.807) is 6.07 Å². The molecule has 86 valence electrons. The molecular weight excluding hydrogens is 275 g/mol. The van der Waals surface area contributed by atoms with Gasteiger partial charge in [-0.05, 0) is 33.6 Å².